The van der Waals surface area contributed by atoms with Gasteiger partial charge in [0.25, 0.3) is 0 Å². The second kappa shape index (κ2) is 36.8. The Hall–Kier alpha value is -0.370. The number of carbonyl (C=O) groups is 1. The van der Waals surface area contributed by atoms with Crippen LogP contribution >= 0.6 is 0 Å². The van der Waals surface area contributed by atoms with Crippen LogP contribution in [0.15, 0.2) is 0 Å². The molecule has 0 aromatic rings. The van der Waals surface area contributed by atoms with Crippen LogP contribution in [-0.4, -0.2) is 17.0 Å². The third-order valence-electron chi connectivity index (χ3n) is 9.48. The van der Waals surface area contributed by atoms with E-state index in [9.17, 15) is 9.90 Å². The van der Waals surface area contributed by atoms with Crippen molar-refractivity contribution in [3.63, 3.8) is 0 Å². The molecule has 42 heavy (non-hydrogen) atoms. The Morgan fingerprint density at radius 3 is 0.833 bits per heavy atom. The Bertz CT molecular complexity index is 502. The van der Waals surface area contributed by atoms with Gasteiger partial charge in [0.05, 0.1) is 0 Å². The molecular weight excluding hydrogens is 512 g/mol. The summed E-state index contributed by atoms with van der Waals surface area (Å²) in [5.41, 5.74) is 0. The van der Waals surface area contributed by atoms with Gasteiger partial charge in [0.2, 0.25) is 0 Å². The molecule has 0 aromatic heterocycles. The number of hydrogen-bond donors (Lipinski definition) is 1. The summed E-state index contributed by atoms with van der Waals surface area (Å²) in [5, 5.41) is 10.2. The molecule has 0 bridgehead atoms. The number of rotatable bonds is 37. The van der Waals surface area contributed by atoms with Gasteiger partial charge in [-0.05, 0) is 12.8 Å². The number of Topliss-reactive ketones (excluding diaryl/α,β-unsaturated/α-hetero) is 1. The van der Waals surface area contributed by atoms with Gasteiger partial charge in [-0.1, -0.05) is 226 Å². The minimum absolute atomic E-state index is 0.0902. The van der Waals surface area contributed by atoms with Gasteiger partial charge in [0.15, 0.2) is 5.78 Å². The third kappa shape index (κ3) is 34.1. The third-order valence-corrected chi connectivity index (χ3v) is 9.48. The van der Waals surface area contributed by atoms with E-state index in [-0.39, 0.29) is 5.78 Å². The Labute approximate surface area is 266 Å². The van der Waals surface area contributed by atoms with E-state index in [0.29, 0.717) is 12.8 Å². The van der Waals surface area contributed by atoms with E-state index in [1.165, 1.54) is 199 Å². The fourth-order valence-corrected chi connectivity index (χ4v) is 6.41. The molecule has 0 aliphatic heterocycles. The largest absolute Gasteiger partial charge is 0.385 e. The molecule has 0 aliphatic carbocycles. The van der Waals surface area contributed by atoms with Crippen LogP contribution in [0.5, 0.6) is 0 Å². The molecule has 0 heterocycles. The van der Waals surface area contributed by atoms with E-state index in [4.69, 9.17) is 0 Å². The molecule has 252 valence electrons. The Morgan fingerprint density at radius 2 is 0.571 bits per heavy atom. The van der Waals surface area contributed by atoms with Gasteiger partial charge < -0.3 is 5.11 Å². The topological polar surface area (TPSA) is 37.3 Å². The molecule has 0 fully saturated rings. The van der Waals surface area contributed by atoms with Crippen LogP contribution in [-0.2, 0) is 4.79 Å². The van der Waals surface area contributed by atoms with E-state index >= 15 is 0 Å². The van der Waals surface area contributed by atoms with Crippen LogP contribution in [0.25, 0.3) is 0 Å². The molecule has 1 atom stereocenters. The summed E-state index contributed by atoms with van der Waals surface area (Å²) in [7, 11) is 0. The molecule has 2 nitrogen and oxygen atoms in total. The number of hydrogen-bond acceptors (Lipinski definition) is 2. The number of ketones is 1. The van der Waals surface area contributed by atoms with Gasteiger partial charge in [0, 0.05) is 6.42 Å². The van der Waals surface area contributed by atoms with Crippen molar-refractivity contribution in [1.82, 2.24) is 0 Å². The SMILES string of the molecule is CCCCCCCCCCCCCCCCCCCC(=O)[C@H](O)CCCCCCCCCCCCCCCCCCC. The van der Waals surface area contributed by atoms with E-state index < -0.39 is 6.10 Å². The molecule has 0 aliphatic rings. The summed E-state index contributed by atoms with van der Waals surface area (Å²) in [6.45, 7) is 4.58. The second-order valence-electron chi connectivity index (χ2n) is 13.8. The highest BCUT2D eigenvalue weighted by Gasteiger charge is 2.13. The van der Waals surface area contributed by atoms with Crippen LogP contribution in [0.3, 0.4) is 0 Å². The van der Waals surface area contributed by atoms with Crippen LogP contribution in [0.2, 0.25) is 0 Å². The molecule has 0 saturated carbocycles. The van der Waals surface area contributed by atoms with Gasteiger partial charge >= 0.3 is 0 Å². The zero-order chi connectivity index (χ0) is 30.6. The molecule has 0 saturated heterocycles. The second-order valence-corrected chi connectivity index (χ2v) is 13.8. The highest BCUT2D eigenvalue weighted by atomic mass is 16.3. The first-order valence-corrected chi connectivity index (χ1v) is 19.9. The normalized spacial score (nSPS) is 12.3. The maximum Gasteiger partial charge on any atom is 0.161 e. The van der Waals surface area contributed by atoms with Crippen molar-refractivity contribution < 1.29 is 9.90 Å². The zero-order valence-corrected chi connectivity index (χ0v) is 29.4. The molecule has 0 radical (unpaired) electrons. The van der Waals surface area contributed by atoms with Crippen molar-refractivity contribution in [2.24, 2.45) is 0 Å². The Balaban J connectivity index is 3.26. The monoisotopic (exact) mass is 593 g/mol. The van der Waals surface area contributed by atoms with Gasteiger partial charge in [-0.15, -0.1) is 0 Å². The van der Waals surface area contributed by atoms with Crippen molar-refractivity contribution in [1.29, 1.82) is 0 Å². The first kappa shape index (κ1) is 41.6. The maximum absolute atomic E-state index is 12.3. The average molecular weight is 593 g/mol. The molecule has 0 amide bonds. The summed E-state index contributed by atoms with van der Waals surface area (Å²) in [6, 6.07) is 0. The van der Waals surface area contributed by atoms with Crippen LogP contribution in [0.4, 0.5) is 0 Å². The van der Waals surface area contributed by atoms with Crippen molar-refractivity contribution in [3.8, 4) is 0 Å². The molecule has 0 spiro atoms. The lowest BCUT2D eigenvalue weighted by Gasteiger charge is -2.09. The lowest BCUT2D eigenvalue weighted by Crippen LogP contribution is -2.19. The van der Waals surface area contributed by atoms with Gasteiger partial charge in [0.1, 0.15) is 6.10 Å². The van der Waals surface area contributed by atoms with Crippen LogP contribution in [0.1, 0.15) is 245 Å². The van der Waals surface area contributed by atoms with Crippen molar-refractivity contribution in [2.45, 2.75) is 251 Å². The highest BCUT2D eigenvalue weighted by Crippen LogP contribution is 2.17. The summed E-state index contributed by atoms with van der Waals surface area (Å²) in [6.07, 6.45) is 46.8. The molecule has 2 heteroatoms. The summed E-state index contributed by atoms with van der Waals surface area (Å²) in [5.74, 6) is 0.0902. The fraction of sp³-hybridized carbons (Fsp3) is 0.975. The number of aliphatic hydroxyl groups is 1. The van der Waals surface area contributed by atoms with Crippen molar-refractivity contribution in [2.75, 3.05) is 0 Å². The Morgan fingerprint density at radius 1 is 0.357 bits per heavy atom. The first-order valence-electron chi connectivity index (χ1n) is 19.9. The van der Waals surface area contributed by atoms with Crippen LogP contribution in [0, 0.1) is 0 Å². The van der Waals surface area contributed by atoms with Gasteiger partial charge in [-0.25, -0.2) is 0 Å². The van der Waals surface area contributed by atoms with E-state index in [1.807, 2.05) is 0 Å². The first-order chi connectivity index (χ1) is 20.7. The fourth-order valence-electron chi connectivity index (χ4n) is 6.41. The predicted molar refractivity (Wildman–Crippen MR) is 189 cm³/mol. The van der Waals surface area contributed by atoms with E-state index in [0.717, 1.165) is 19.3 Å². The molecule has 0 rings (SSSR count). The average Bonchev–Trinajstić information content (AvgIpc) is 3.00. The number of aliphatic hydroxyl groups excluding tert-OH is 1. The maximum atomic E-state index is 12.3. The van der Waals surface area contributed by atoms with E-state index in [2.05, 4.69) is 13.8 Å². The lowest BCUT2D eigenvalue weighted by atomic mass is 10.00. The predicted octanol–water partition coefficient (Wildman–Crippen LogP) is 14.0. The molecular formula is C40H80O2. The van der Waals surface area contributed by atoms with E-state index in [1.54, 1.807) is 0 Å². The zero-order valence-electron chi connectivity index (χ0n) is 29.4. The Kier molecular flexibility index (Phi) is 36.5. The molecule has 0 aromatic carbocycles. The summed E-state index contributed by atoms with van der Waals surface area (Å²) in [4.78, 5) is 12.3. The molecule has 1 N–H and O–H groups in total. The van der Waals surface area contributed by atoms with Gasteiger partial charge in [-0.3, -0.25) is 4.79 Å². The smallest absolute Gasteiger partial charge is 0.161 e. The van der Waals surface area contributed by atoms with Crippen molar-refractivity contribution >= 4 is 5.78 Å². The number of carbonyl (C=O) groups excluding carboxylic acids is 1. The van der Waals surface area contributed by atoms with Crippen molar-refractivity contribution in [3.05, 3.63) is 0 Å². The number of unbranched alkanes of at least 4 members (excludes halogenated alkanes) is 32. The molecule has 0 unspecified atom stereocenters. The minimum Gasteiger partial charge on any atom is -0.385 e. The lowest BCUT2D eigenvalue weighted by molar-refractivity contribution is -0.127. The minimum atomic E-state index is -0.706. The quantitative estimate of drug-likeness (QED) is 0.0728. The summed E-state index contributed by atoms with van der Waals surface area (Å²) >= 11 is 0. The van der Waals surface area contributed by atoms with Gasteiger partial charge in [-0.2, -0.15) is 0 Å². The summed E-state index contributed by atoms with van der Waals surface area (Å²) < 4.78 is 0. The van der Waals surface area contributed by atoms with Crippen LogP contribution < -0.4 is 0 Å². The highest BCUT2D eigenvalue weighted by molar-refractivity contribution is 5.82. The standard InChI is InChI=1S/C40H80O2/c1-3-5-7-9-11-13-15-17-19-21-23-25-27-29-31-33-35-37-39(41)40(42)38-36-34-32-30-28-26-24-22-20-18-16-14-12-10-8-6-4-2/h39,41H,3-38H2,1-2H3/t39-/m1/s1.